The number of hydrogen-bond donors (Lipinski definition) is 1. The lowest BCUT2D eigenvalue weighted by Gasteiger charge is -2.26. The van der Waals surface area contributed by atoms with Crippen molar-refractivity contribution >= 4 is 11.6 Å². The van der Waals surface area contributed by atoms with Crippen molar-refractivity contribution in [2.45, 2.75) is 26.3 Å². The number of carbonyl (C=O) groups is 1. The van der Waals surface area contributed by atoms with Crippen molar-refractivity contribution in [3.8, 4) is 0 Å². The van der Waals surface area contributed by atoms with E-state index in [4.69, 9.17) is 0 Å². The maximum absolute atomic E-state index is 13.2. The van der Waals surface area contributed by atoms with Crippen molar-refractivity contribution in [2.75, 3.05) is 31.1 Å². The second-order valence-corrected chi connectivity index (χ2v) is 6.53. The number of pyridine rings is 1. The first kappa shape index (κ1) is 17.4. The van der Waals surface area contributed by atoms with Gasteiger partial charge in [-0.2, -0.15) is 0 Å². The van der Waals surface area contributed by atoms with Crippen molar-refractivity contribution in [2.24, 2.45) is 0 Å². The molecule has 0 radical (unpaired) electrons. The molecule has 1 N–H and O–H groups in total. The predicted octanol–water partition coefficient (Wildman–Crippen LogP) is 2.62. The van der Waals surface area contributed by atoms with Gasteiger partial charge in [-0.15, -0.1) is 0 Å². The molecule has 0 aliphatic carbocycles. The molecule has 0 atom stereocenters. The summed E-state index contributed by atoms with van der Waals surface area (Å²) in [6.45, 7) is 4.68. The molecule has 5 nitrogen and oxygen atoms in total. The normalized spacial score (nSPS) is 13.9. The number of aryl methyl sites for hydroxylation is 1. The van der Waals surface area contributed by atoms with Gasteiger partial charge in [0.15, 0.2) is 0 Å². The van der Waals surface area contributed by atoms with E-state index in [0.717, 1.165) is 48.3 Å². The Morgan fingerprint density at radius 3 is 2.76 bits per heavy atom. The summed E-state index contributed by atoms with van der Waals surface area (Å²) in [7, 11) is 0. The Kier molecular flexibility index (Phi) is 5.66. The van der Waals surface area contributed by atoms with Crippen LogP contribution in [0.4, 0.5) is 5.69 Å². The van der Waals surface area contributed by atoms with Crippen LogP contribution in [0, 0.1) is 6.92 Å². The third kappa shape index (κ3) is 4.17. The second kappa shape index (κ2) is 8.12. The van der Waals surface area contributed by atoms with E-state index >= 15 is 0 Å². The molecule has 132 valence electrons. The average molecular weight is 339 g/mol. The van der Waals surface area contributed by atoms with E-state index in [0.29, 0.717) is 13.1 Å². The molecular formula is C20H25N3O2. The van der Waals surface area contributed by atoms with E-state index in [1.54, 1.807) is 17.3 Å². The van der Waals surface area contributed by atoms with E-state index in [1.807, 2.05) is 25.1 Å². The summed E-state index contributed by atoms with van der Waals surface area (Å²) in [5.41, 5.74) is 3.75. The molecular weight excluding hydrogens is 314 g/mol. The Morgan fingerprint density at radius 2 is 2.08 bits per heavy atom. The maximum atomic E-state index is 13.2. The zero-order valence-electron chi connectivity index (χ0n) is 14.7. The highest BCUT2D eigenvalue weighted by atomic mass is 16.3. The third-order valence-corrected chi connectivity index (χ3v) is 4.58. The lowest BCUT2D eigenvalue weighted by molar-refractivity contribution is 0.0708. The van der Waals surface area contributed by atoms with Crippen LogP contribution in [0.25, 0.3) is 0 Å². The summed E-state index contributed by atoms with van der Waals surface area (Å²) in [5.74, 6) is -0.0384. The number of hydrogen-bond acceptors (Lipinski definition) is 4. The van der Waals surface area contributed by atoms with Crippen molar-refractivity contribution < 1.29 is 9.90 Å². The smallest absolute Gasteiger partial charge is 0.256 e. The quantitative estimate of drug-likeness (QED) is 0.879. The Morgan fingerprint density at radius 1 is 1.28 bits per heavy atom. The molecule has 0 unspecified atom stereocenters. The molecule has 1 amide bonds. The first-order chi connectivity index (χ1) is 12.2. The Balaban J connectivity index is 1.89. The molecule has 0 bridgehead atoms. The first-order valence-electron chi connectivity index (χ1n) is 8.83. The van der Waals surface area contributed by atoms with Crippen molar-refractivity contribution in [1.29, 1.82) is 0 Å². The minimum atomic E-state index is -0.0587. The molecule has 1 aliphatic rings. The molecule has 1 aliphatic heterocycles. The van der Waals surface area contributed by atoms with Crippen molar-refractivity contribution in [3.63, 3.8) is 0 Å². The van der Waals surface area contributed by atoms with E-state index < -0.39 is 0 Å². The van der Waals surface area contributed by atoms with Crippen molar-refractivity contribution in [3.05, 3.63) is 59.4 Å². The number of rotatable bonds is 6. The van der Waals surface area contributed by atoms with Gasteiger partial charge < -0.3 is 14.9 Å². The Bertz CT molecular complexity index is 712. The Labute approximate surface area is 148 Å². The third-order valence-electron chi connectivity index (χ3n) is 4.58. The molecule has 1 aromatic heterocycles. The number of nitrogens with zero attached hydrogens (tertiary/aromatic N) is 3. The fourth-order valence-corrected chi connectivity index (χ4v) is 3.31. The zero-order valence-corrected chi connectivity index (χ0v) is 14.7. The van der Waals surface area contributed by atoms with Gasteiger partial charge in [-0.25, -0.2) is 0 Å². The lowest BCUT2D eigenvalue weighted by Crippen LogP contribution is -2.34. The first-order valence-corrected chi connectivity index (χ1v) is 8.83. The lowest BCUT2D eigenvalue weighted by atomic mass is 10.1. The molecule has 1 aromatic carbocycles. The number of aliphatic hydroxyl groups is 1. The van der Waals surface area contributed by atoms with Crippen LogP contribution in [-0.4, -0.2) is 47.1 Å². The highest BCUT2D eigenvalue weighted by Crippen LogP contribution is 2.27. The number of anilines is 1. The molecule has 0 spiro atoms. The van der Waals surface area contributed by atoms with E-state index in [-0.39, 0.29) is 12.5 Å². The summed E-state index contributed by atoms with van der Waals surface area (Å²) in [4.78, 5) is 21.3. The van der Waals surface area contributed by atoms with Crippen LogP contribution in [0.2, 0.25) is 0 Å². The molecule has 5 heteroatoms. The van der Waals surface area contributed by atoms with Crippen LogP contribution < -0.4 is 4.90 Å². The van der Waals surface area contributed by atoms with E-state index in [1.165, 1.54) is 0 Å². The highest BCUT2D eigenvalue weighted by Gasteiger charge is 2.23. The predicted molar refractivity (Wildman–Crippen MR) is 98.7 cm³/mol. The van der Waals surface area contributed by atoms with Gasteiger partial charge in [-0.3, -0.25) is 9.78 Å². The van der Waals surface area contributed by atoms with Crippen LogP contribution in [-0.2, 0) is 6.54 Å². The standard InChI is InChI=1S/C20H25N3O2/c1-16-6-7-19(22-9-2-3-10-22)18(13-16)20(25)23(11-12-24)15-17-5-4-8-21-14-17/h4-8,13-14,24H,2-3,9-12,15H2,1H3. The maximum Gasteiger partial charge on any atom is 0.256 e. The van der Waals surface area contributed by atoms with Crippen molar-refractivity contribution in [1.82, 2.24) is 9.88 Å². The highest BCUT2D eigenvalue weighted by molar-refractivity contribution is 6.00. The minimum absolute atomic E-state index is 0.0384. The number of amides is 1. The molecule has 2 aromatic rings. The molecule has 0 saturated carbocycles. The minimum Gasteiger partial charge on any atom is -0.395 e. The Hall–Kier alpha value is -2.40. The summed E-state index contributed by atoms with van der Waals surface area (Å²) >= 11 is 0. The second-order valence-electron chi connectivity index (χ2n) is 6.53. The van der Waals surface area contributed by atoms with Gasteiger partial charge in [-0.05, 0) is 43.5 Å². The van der Waals surface area contributed by atoms with Gasteiger partial charge >= 0.3 is 0 Å². The van der Waals surface area contributed by atoms with Gasteiger partial charge in [0, 0.05) is 44.3 Å². The van der Waals surface area contributed by atoms with Gasteiger partial charge in [0.2, 0.25) is 0 Å². The number of aromatic nitrogens is 1. The van der Waals surface area contributed by atoms with Crippen LogP contribution in [0.15, 0.2) is 42.7 Å². The average Bonchev–Trinajstić information content (AvgIpc) is 3.16. The molecule has 1 saturated heterocycles. The van der Waals surface area contributed by atoms with Crippen LogP contribution in [0.3, 0.4) is 0 Å². The summed E-state index contributed by atoms with van der Waals surface area (Å²) in [6, 6.07) is 9.88. The summed E-state index contributed by atoms with van der Waals surface area (Å²) in [5, 5.41) is 9.43. The van der Waals surface area contributed by atoms with Gasteiger partial charge in [0.05, 0.1) is 12.2 Å². The topological polar surface area (TPSA) is 56.7 Å². The van der Waals surface area contributed by atoms with Gasteiger partial charge in [0.1, 0.15) is 0 Å². The van der Waals surface area contributed by atoms with Crippen LogP contribution >= 0.6 is 0 Å². The van der Waals surface area contributed by atoms with E-state index in [2.05, 4.69) is 22.0 Å². The van der Waals surface area contributed by atoms with Gasteiger partial charge in [-0.1, -0.05) is 17.7 Å². The summed E-state index contributed by atoms with van der Waals surface area (Å²) < 4.78 is 0. The number of aliphatic hydroxyl groups excluding tert-OH is 1. The fourth-order valence-electron chi connectivity index (χ4n) is 3.31. The van der Waals surface area contributed by atoms with E-state index in [9.17, 15) is 9.90 Å². The van der Waals surface area contributed by atoms with Gasteiger partial charge in [0.25, 0.3) is 5.91 Å². The SMILES string of the molecule is Cc1ccc(N2CCCC2)c(C(=O)N(CCO)Cc2cccnc2)c1. The largest absolute Gasteiger partial charge is 0.395 e. The van der Waals surface area contributed by atoms with Crippen LogP contribution in [0.5, 0.6) is 0 Å². The molecule has 3 rings (SSSR count). The zero-order chi connectivity index (χ0) is 17.6. The molecule has 1 fully saturated rings. The monoisotopic (exact) mass is 339 g/mol. The molecule has 2 heterocycles. The number of benzene rings is 1. The fraction of sp³-hybridized carbons (Fsp3) is 0.400. The molecule has 25 heavy (non-hydrogen) atoms. The summed E-state index contributed by atoms with van der Waals surface area (Å²) in [6.07, 6.45) is 5.80. The van der Waals surface area contributed by atoms with Crippen LogP contribution in [0.1, 0.15) is 34.3 Å². The number of carbonyl (C=O) groups excluding carboxylic acids is 1.